The summed E-state index contributed by atoms with van der Waals surface area (Å²) >= 11 is 0. The van der Waals surface area contributed by atoms with E-state index in [1.807, 2.05) is 0 Å². The normalized spacial score (nSPS) is 12.6. The van der Waals surface area contributed by atoms with Gasteiger partial charge in [-0.2, -0.15) is 4.58 Å². The summed E-state index contributed by atoms with van der Waals surface area (Å²) in [6.45, 7) is 6.59. The van der Waals surface area contributed by atoms with Crippen LogP contribution < -0.4 is 9.48 Å². The molecular formula is C28H27N2+. The van der Waals surface area contributed by atoms with Crippen molar-refractivity contribution >= 4 is 33.5 Å². The van der Waals surface area contributed by atoms with E-state index >= 15 is 0 Å². The van der Waals surface area contributed by atoms with Crippen molar-refractivity contribution in [3.05, 3.63) is 102 Å². The summed E-state index contributed by atoms with van der Waals surface area (Å²) in [5, 5.41) is 2.63. The molecule has 0 fully saturated rings. The average molecular weight is 392 g/mol. The molecule has 2 nitrogen and oxygen atoms in total. The Morgan fingerprint density at radius 3 is 2.17 bits per heavy atom. The van der Waals surface area contributed by atoms with Gasteiger partial charge in [0, 0.05) is 42.5 Å². The average Bonchev–Trinajstić information content (AvgIpc) is 3.14. The van der Waals surface area contributed by atoms with E-state index in [4.69, 9.17) is 0 Å². The minimum absolute atomic E-state index is 1.03. The van der Waals surface area contributed by atoms with Crippen LogP contribution in [0, 0.1) is 0 Å². The maximum Gasteiger partial charge on any atom is 0.227 e. The Labute approximate surface area is 178 Å². The van der Waals surface area contributed by atoms with Gasteiger partial charge in [0.15, 0.2) is 0 Å². The lowest BCUT2D eigenvalue weighted by atomic mass is 9.98. The van der Waals surface area contributed by atoms with Gasteiger partial charge in [0.2, 0.25) is 17.1 Å². The lowest BCUT2D eigenvalue weighted by Crippen LogP contribution is -2.23. The van der Waals surface area contributed by atoms with Crippen molar-refractivity contribution in [2.45, 2.75) is 20.3 Å². The third kappa shape index (κ3) is 3.00. The smallest absolute Gasteiger partial charge is 0.227 e. The summed E-state index contributed by atoms with van der Waals surface area (Å²) in [6, 6.07) is 33.0. The highest BCUT2D eigenvalue weighted by Crippen LogP contribution is 2.39. The molecule has 0 amide bonds. The van der Waals surface area contributed by atoms with Crippen LogP contribution >= 0.6 is 0 Å². The molecule has 1 aliphatic rings. The topological polar surface area (TPSA) is 6.25 Å². The molecule has 0 radical (unpaired) electrons. The molecule has 0 bridgehead atoms. The number of nitrogens with zero attached hydrogens (tertiary/aromatic N) is 2. The van der Waals surface area contributed by atoms with Crippen LogP contribution in [0.3, 0.4) is 0 Å². The third-order valence-corrected chi connectivity index (χ3v) is 6.00. The van der Waals surface area contributed by atoms with Crippen LogP contribution in [0.15, 0.2) is 91.0 Å². The number of hydrogen-bond donors (Lipinski definition) is 0. The zero-order valence-electron chi connectivity index (χ0n) is 17.7. The molecule has 0 atom stereocenters. The van der Waals surface area contributed by atoms with Gasteiger partial charge in [-0.3, -0.25) is 0 Å². The number of benzene rings is 4. The van der Waals surface area contributed by atoms with Crippen LogP contribution in [-0.4, -0.2) is 18.8 Å². The van der Waals surface area contributed by atoms with E-state index in [9.17, 15) is 0 Å². The van der Waals surface area contributed by atoms with Crippen LogP contribution in [0.4, 0.5) is 17.1 Å². The highest BCUT2D eigenvalue weighted by Gasteiger charge is 2.34. The largest absolute Gasteiger partial charge is 0.372 e. The molecule has 0 aliphatic carbocycles. The molecule has 4 aromatic carbocycles. The Hall–Kier alpha value is -3.39. The van der Waals surface area contributed by atoms with Gasteiger partial charge >= 0.3 is 0 Å². The minimum atomic E-state index is 1.03. The summed E-state index contributed by atoms with van der Waals surface area (Å²) in [5.41, 5.74) is 7.57. The van der Waals surface area contributed by atoms with Crippen molar-refractivity contribution in [2.75, 3.05) is 18.0 Å². The number of hydrogen-bond acceptors (Lipinski definition) is 1. The first-order chi connectivity index (χ1) is 14.8. The van der Waals surface area contributed by atoms with Crippen LogP contribution in [0.1, 0.15) is 31.4 Å². The second-order valence-electron chi connectivity index (χ2n) is 7.83. The van der Waals surface area contributed by atoms with Crippen molar-refractivity contribution in [3.63, 3.8) is 0 Å². The second-order valence-corrected chi connectivity index (χ2v) is 7.83. The molecule has 30 heavy (non-hydrogen) atoms. The standard InChI is InChI=1S/C28H27N2/c1-3-20-29(4-2)23-18-16-22(17-19-23)28-25-14-8-10-21-11-9-15-26(27(21)25)30(28)24-12-6-5-7-13-24/h5-19H,3-4,20H2,1-2H3/q+1. The van der Waals surface area contributed by atoms with Crippen LogP contribution in [0.25, 0.3) is 10.8 Å². The molecule has 1 aliphatic heterocycles. The predicted octanol–water partition coefficient (Wildman–Crippen LogP) is 6.76. The van der Waals surface area contributed by atoms with E-state index in [1.54, 1.807) is 0 Å². The van der Waals surface area contributed by atoms with E-state index in [-0.39, 0.29) is 0 Å². The van der Waals surface area contributed by atoms with Crippen molar-refractivity contribution in [1.82, 2.24) is 4.58 Å². The maximum absolute atomic E-state index is 2.44. The Balaban J connectivity index is 1.71. The van der Waals surface area contributed by atoms with Gasteiger partial charge in [0.05, 0.1) is 10.9 Å². The highest BCUT2D eigenvalue weighted by atomic mass is 15.1. The van der Waals surface area contributed by atoms with Gasteiger partial charge in [-0.1, -0.05) is 49.4 Å². The fraction of sp³-hybridized carbons (Fsp3) is 0.179. The lowest BCUT2D eigenvalue weighted by molar-refractivity contribution is 0.792. The van der Waals surface area contributed by atoms with E-state index in [0.29, 0.717) is 0 Å². The summed E-state index contributed by atoms with van der Waals surface area (Å²) in [7, 11) is 0. The molecule has 148 valence electrons. The lowest BCUT2D eigenvalue weighted by Gasteiger charge is -2.22. The van der Waals surface area contributed by atoms with Crippen LogP contribution in [0.2, 0.25) is 0 Å². The molecule has 0 saturated carbocycles. The molecule has 0 N–H and O–H groups in total. The van der Waals surface area contributed by atoms with Crippen molar-refractivity contribution in [1.29, 1.82) is 0 Å². The molecule has 2 heteroatoms. The van der Waals surface area contributed by atoms with E-state index in [1.165, 1.54) is 44.7 Å². The Morgan fingerprint density at radius 2 is 1.47 bits per heavy atom. The Kier molecular flexibility index (Phi) is 4.84. The van der Waals surface area contributed by atoms with Crippen LogP contribution in [0.5, 0.6) is 0 Å². The van der Waals surface area contributed by atoms with Gasteiger partial charge < -0.3 is 4.90 Å². The van der Waals surface area contributed by atoms with E-state index in [2.05, 4.69) is 114 Å². The van der Waals surface area contributed by atoms with Gasteiger partial charge in [-0.15, -0.1) is 0 Å². The minimum Gasteiger partial charge on any atom is -0.372 e. The predicted molar refractivity (Wildman–Crippen MR) is 130 cm³/mol. The molecular weight excluding hydrogens is 364 g/mol. The van der Waals surface area contributed by atoms with Crippen molar-refractivity contribution < 1.29 is 0 Å². The first-order valence-electron chi connectivity index (χ1n) is 10.9. The van der Waals surface area contributed by atoms with Gasteiger partial charge in [-0.25, -0.2) is 0 Å². The first kappa shape index (κ1) is 18.6. The van der Waals surface area contributed by atoms with Crippen molar-refractivity contribution in [2.24, 2.45) is 0 Å². The zero-order chi connectivity index (χ0) is 20.5. The van der Waals surface area contributed by atoms with E-state index in [0.717, 1.165) is 19.5 Å². The monoisotopic (exact) mass is 391 g/mol. The van der Waals surface area contributed by atoms with Gasteiger partial charge in [0.25, 0.3) is 0 Å². The summed E-state index contributed by atoms with van der Waals surface area (Å²) in [4.78, 5) is 2.44. The molecule has 0 aromatic heterocycles. The van der Waals surface area contributed by atoms with Gasteiger partial charge in [0.1, 0.15) is 0 Å². The Bertz CT molecular complexity index is 1220. The quantitative estimate of drug-likeness (QED) is 0.290. The number of anilines is 1. The third-order valence-electron chi connectivity index (χ3n) is 6.00. The highest BCUT2D eigenvalue weighted by molar-refractivity contribution is 6.27. The van der Waals surface area contributed by atoms with Gasteiger partial charge in [-0.05, 0) is 49.1 Å². The first-order valence-corrected chi connectivity index (χ1v) is 10.9. The molecule has 5 rings (SSSR count). The number of rotatable bonds is 6. The maximum atomic E-state index is 2.44. The molecule has 0 saturated heterocycles. The molecule has 0 spiro atoms. The summed E-state index contributed by atoms with van der Waals surface area (Å²) < 4.78 is 2.41. The fourth-order valence-corrected chi connectivity index (χ4v) is 4.65. The SMILES string of the molecule is CCCN(CC)c1ccc(C2=[N+](c3ccccc3)c3cccc4cccc2c34)cc1. The second kappa shape index (κ2) is 7.79. The fourth-order valence-electron chi connectivity index (χ4n) is 4.65. The summed E-state index contributed by atoms with van der Waals surface area (Å²) in [5.74, 6) is 0. The molecule has 0 unspecified atom stereocenters. The molecule has 1 heterocycles. The van der Waals surface area contributed by atoms with Crippen LogP contribution in [-0.2, 0) is 0 Å². The van der Waals surface area contributed by atoms with Crippen molar-refractivity contribution in [3.8, 4) is 0 Å². The molecule has 4 aromatic rings. The Morgan fingerprint density at radius 1 is 0.733 bits per heavy atom. The zero-order valence-corrected chi connectivity index (χ0v) is 17.7. The van der Waals surface area contributed by atoms with E-state index < -0.39 is 0 Å². The number of para-hydroxylation sites is 1. The summed E-state index contributed by atoms with van der Waals surface area (Å²) in [6.07, 6.45) is 1.16.